The second kappa shape index (κ2) is 7.16. The lowest BCUT2D eigenvalue weighted by Gasteiger charge is -2.25. The van der Waals surface area contributed by atoms with Gasteiger partial charge in [0.25, 0.3) is 17.5 Å². The summed E-state index contributed by atoms with van der Waals surface area (Å²) < 4.78 is 11.8. The number of hydrogen-bond donors (Lipinski definition) is 2. The second-order valence-corrected chi connectivity index (χ2v) is 6.98. The van der Waals surface area contributed by atoms with E-state index in [9.17, 15) is 19.7 Å². The predicted octanol–water partition coefficient (Wildman–Crippen LogP) is 2.41. The Kier molecular flexibility index (Phi) is 4.53. The number of amides is 2. The van der Waals surface area contributed by atoms with Crippen molar-refractivity contribution in [3.63, 3.8) is 0 Å². The molecule has 4 rings (SSSR count). The fraction of sp³-hybridized carbons (Fsp3) is 0.111. The van der Waals surface area contributed by atoms with Crippen LogP contribution in [-0.4, -0.2) is 29.4 Å². The van der Waals surface area contributed by atoms with E-state index in [2.05, 4.69) is 10.9 Å². The van der Waals surface area contributed by atoms with Crippen molar-refractivity contribution in [2.24, 2.45) is 0 Å². The van der Waals surface area contributed by atoms with Crippen molar-refractivity contribution < 1.29 is 24.0 Å². The first kappa shape index (κ1) is 17.7. The van der Waals surface area contributed by atoms with Crippen LogP contribution in [-0.2, 0) is 4.79 Å². The average Bonchev–Trinajstić information content (AvgIpc) is 3.14. The van der Waals surface area contributed by atoms with E-state index in [0.29, 0.717) is 21.8 Å². The van der Waals surface area contributed by atoms with Crippen molar-refractivity contribution >= 4 is 38.9 Å². The van der Waals surface area contributed by atoms with Gasteiger partial charge in [0.1, 0.15) is 6.61 Å². The number of rotatable bonds is 3. The molecule has 0 unspecified atom stereocenters. The number of hydrogen-bond acceptors (Lipinski definition) is 7. The van der Waals surface area contributed by atoms with Crippen LogP contribution in [0.4, 0.5) is 5.69 Å². The summed E-state index contributed by atoms with van der Waals surface area (Å²) in [4.78, 5) is 35.2. The van der Waals surface area contributed by atoms with Gasteiger partial charge in [0.15, 0.2) is 11.5 Å². The van der Waals surface area contributed by atoms with E-state index in [1.165, 1.54) is 18.2 Å². The van der Waals surface area contributed by atoms with Gasteiger partial charge in [0, 0.05) is 22.2 Å². The molecule has 2 N–H and O–H groups in total. The van der Waals surface area contributed by atoms with Gasteiger partial charge in [-0.25, -0.2) is 0 Å². The molecule has 3 aromatic rings. The Morgan fingerprint density at radius 2 is 1.89 bits per heavy atom. The maximum Gasteiger partial charge on any atom is 0.283 e. The van der Waals surface area contributed by atoms with Crippen molar-refractivity contribution in [2.75, 3.05) is 6.61 Å². The number of hydrazine groups is 1. The molecule has 0 spiro atoms. The standard InChI is InChI=1S/C18H13N3O6S/c22-17(14-9-26-12-3-1-2-4-13(12)27-14)19-20-18(23)16-8-10-7-11(21(24)25)5-6-15(10)28-16/h1-8,14H,9H2,(H,19,22)(H,20,23)/t14-/m0/s1. The summed E-state index contributed by atoms with van der Waals surface area (Å²) in [7, 11) is 0. The van der Waals surface area contributed by atoms with Gasteiger partial charge in [0.05, 0.1) is 9.80 Å². The molecule has 9 nitrogen and oxygen atoms in total. The fourth-order valence-corrected chi connectivity index (χ4v) is 3.60. The highest BCUT2D eigenvalue weighted by molar-refractivity contribution is 7.20. The normalized spacial score (nSPS) is 15.1. The number of non-ortho nitro benzene ring substituents is 1. The van der Waals surface area contributed by atoms with Gasteiger partial charge in [-0.1, -0.05) is 12.1 Å². The summed E-state index contributed by atoms with van der Waals surface area (Å²) in [5.41, 5.74) is 4.58. The number of fused-ring (bicyclic) bond motifs is 2. The summed E-state index contributed by atoms with van der Waals surface area (Å²) in [6.07, 6.45) is -0.903. The minimum absolute atomic E-state index is 0.0191. The lowest BCUT2D eigenvalue weighted by molar-refractivity contribution is -0.384. The topological polar surface area (TPSA) is 120 Å². The van der Waals surface area contributed by atoms with Gasteiger partial charge >= 0.3 is 0 Å². The summed E-state index contributed by atoms with van der Waals surface area (Å²) in [6, 6.07) is 12.9. The number of carbonyl (C=O) groups is 2. The van der Waals surface area contributed by atoms with E-state index in [4.69, 9.17) is 9.47 Å². The van der Waals surface area contributed by atoms with Crippen molar-refractivity contribution in [3.8, 4) is 11.5 Å². The molecule has 28 heavy (non-hydrogen) atoms. The molecule has 0 aliphatic carbocycles. The van der Waals surface area contributed by atoms with Gasteiger partial charge in [-0.15, -0.1) is 11.3 Å². The maximum absolute atomic E-state index is 12.3. The van der Waals surface area contributed by atoms with E-state index < -0.39 is 22.8 Å². The van der Waals surface area contributed by atoms with Crippen LogP contribution in [0.2, 0.25) is 0 Å². The first-order valence-corrected chi connectivity index (χ1v) is 8.99. The van der Waals surface area contributed by atoms with Gasteiger partial charge in [-0.05, 0) is 24.3 Å². The number of nitrogens with one attached hydrogen (secondary N) is 2. The van der Waals surface area contributed by atoms with Crippen LogP contribution >= 0.6 is 11.3 Å². The zero-order valence-corrected chi connectivity index (χ0v) is 15.0. The minimum atomic E-state index is -0.903. The number of para-hydroxylation sites is 2. The lowest BCUT2D eigenvalue weighted by atomic mass is 10.2. The highest BCUT2D eigenvalue weighted by Gasteiger charge is 2.27. The average molecular weight is 399 g/mol. The van der Waals surface area contributed by atoms with Crippen molar-refractivity contribution in [2.45, 2.75) is 6.10 Å². The first-order chi connectivity index (χ1) is 13.5. The molecular formula is C18H13N3O6S. The Balaban J connectivity index is 1.39. The Morgan fingerprint density at radius 1 is 1.11 bits per heavy atom. The molecule has 1 atom stereocenters. The van der Waals surface area contributed by atoms with Gasteiger partial charge in [-0.2, -0.15) is 0 Å². The lowest BCUT2D eigenvalue weighted by Crippen LogP contribution is -2.50. The van der Waals surface area contributed by atoms with E-state index >= 15 is 0 Å². The molecule has 1 aliphatic rings. The third kappa shape index (κ3) is 3.45. The fourth-order valence-electron chi connectivity index (χ4n) is 2.67. The van der Waals surface area contributed by atoms with Crippen LogP contribution in [0.1, 0.15) is 9.67 Å². The quantitative estimate of drug-likeness (QED) is 0.516. The molecule has 10 heteroatoms. The van der Waals surface area contributed by atoms with E-state index in [-0.39, 0.29) is 12.3 Å². The molecule has 0 saturated carbocycles. The first-order valence-electron chi connectivity index (χ1n) is 8.18. The summed E-state index contributed by atoms with van der Waals surface area (Å²) >= 11 is 1.16. The van der Waals surface area contributed by atoms with Crippen LogP contribution in [0, 0.1) is 10.1 Å². The largest absolute Gasteiger partial charge is 0.485 e. The van der Waals surface area contributed by atoms with E-state index in [1.54, 1.807) is 30.3 Å². The molecule has 0 bridgehead atoms. The zero-order chi connectivity index (χ0) is 19.7. The van der Waals surface area contributed by atoms with Crippen molar-refractivity contribution in [3.05, 3.63) is 63.5 Å². The number of nitrogens with zero attached hydrogens (tertiary/aromatic N) is 1. The van der Waals surface area contributed by atoms with Crippen LogP contribution in [0.25, 0.3) is 10.1 Å². The molecule has 0 saturated heterocycles. The predicted molar refractivity (Wildman–Crippen MR) is 100 cm³/mol. The number of nitro benzene ring substituents is 1. The number of ether oxygens (including phenoxy) is 2. The Morgan fingerprint density at radius 3 is 2.68 bits per heavy atom. The third-order valence-electron chi connectivity index (χ3n) is 4.03. The minimum Gasteiger partial charge on any atom is -0.485 e. The maximum atomic E-state index is 12.3. The van der Waals surface area contributed by atoms with Gasteiger partial charge < -0.3 is 9.47 Å². The summed E-state index contributed by atoms with van der Waals surface area (Å²) in [6.45, 7) is 0.0191. The van der Waals surface area contributed by atoms with Crippen LogP contribution in [0.15, 0.2) is 48.5 Å². The van der Waals surface area contributed by atoms with Gasteiger partial charge in [-0.3, -0.25) is 30.6 Å². The molecule has 1 aromatic heterocycles. The number of carbonyl (C=O) groups excluding carboxylic acids is 2. The molecular weight excluding hydrogens is 386 g/mol. The number of nitro groups is 1. The van der Waals surface area contributed by atoms with Crippen molar-refractivity contribution in [1.29, 1.82) is 0 Å². The summed E-state index contributed by atoms with van der Waals surface area (Å²) in [5, 5.41) is 11.4. The third-order valence-corrected chi connectivity index (χ3v) is 5.15. The van der Waals surface area contributed by atoms with Gasteiger partial charge in [0.2, 0.25) is 6.10 Å². The van der Waals surface area contributed by atoms with E-state index in [0.717, 1.165) is 16.0 Å². The number of thiophene rings is 1. The highest BCUT2D eigenvalue weighted by Crippen LogP contribution is 2.31. The smallest absolute Gasteiger partial charge is 0.283 e. The van der Waals surface area contributed by atoms with Crippen LogP contribution in [0.5, 0.6) is 11.5 Å². The van der Waals surface area contributed by atoms with Crippen LogP contribution < -0.4 is 20.3 Å². The molecule has 2 aromatic carbocycles. The molecule has 1 aliphatic heterocycles. The zero-order valence-electron chi connectivity index (χ0n) is 14.2. The van der Waals surface area contributed by atoms with E-state index in [1.807, 2.05) is 0 Å². The molecule has 2 heterocycles. The Labute approximate surface area is 162 Å². The monoisotopic (exact) mass is 399 g/mol. The molecule has 0 radical (unpaired) electrons. The van der Waals surface area contributed by atoms with Crippen molar-refractivity contribution in [1.82, 2.24) is 10.9 Å². The SMILES string of the molecule is O=C(NNC(=O)[C@@H]1COc2ccccc2O1)c1cc2cc([N+](=O)[O-])ccc2s1. The van der Waals surface area contributed by atoms with Crippen LogP contribution in [0.3, 0.4) is 0 Å². The second-order valence-electron chi connectivity index (χ2n) is 5.90. The molecule has 142 valence electrons. The molecule has 2 amide bonds. The number of benzene rings is 2. The molecule has 0 fully saturated rings. The highest BCUT2D eigenvalue weighted by atomic mass is 32.1. The Hall–Kier alpha value is -3.66. The Bertz CT molecular complexity index is 1100. The summed E-state index contributed by atoms with van der Waals surface area (Å²) in [5.74, 6) is -0.0878.